The first kappa shape index (κ1) is 17.4. The number of benzene rings is 2. The lowest BCUT2D eigenvalue weighted by Crippen LogP contribution is -2.13. The second kappa shape index (κ2) is 7.23. The fourth-order valence-corrected chi connectivity index (χ4v) is 3.40. The summed E-state index contributed by atoms with van der Waals surface area (Å²) in [6.07, 6.45) is 0.659. The van der Waals surface area contributed by atoms with Gasteiger partial charge in [0.2, 0.25) is 0 Å². The van der Waals surface area contributed by atoms with Crippen LogP contribution in [0.2, 0.25) is 0 Å². The maximum atomic E-state index is 13.4. The standard InChI is InChI=1S/C20H18BrFN2O/c1-13-18(20(23)25)12-19(15-5-3-6-16(21)11-15)24(13)9-8-14-4-2-7-17(22)10-14/h2-7,10-12H,8-9H2,1H3,(H2,23,25). The molecule has 0 unspecified atom stereocenters. The number of aryl methyl sites for hydroxylation is 1. The van der Waals surface area contributed by atoms with Gasteiger partial charge in [-0.1, -0.05) is 40.2 Å². The van der Waals surface area contributed by atoms with E-state index in [0.717, 1.165) is 27.0 Å². The van der Waals surface area contributed by atoms with Crippen LogP contribution in [0.25, 0.3) is 11.3 Å². The first-order valence-corrected chi connectivity index (χ1v) is 8.75. The number of nitrogens with zero attached hydrogens (tertiary/aromatic N) is 1. The van der Waals surface area contributed by atoms with Crippen LogP contribution in [0.5, 0.6) is 0 Å². The highest BCUT2D eigenvalue weighted by atomic mass is 79.9. The molecule has 0 spiro atoms. The van der Waals surface area contributed by atoms with Crippen LogP contribution < -0.4 is 5.73 Å². The third-order valence-corrected chi connectivity index (χ3v) is 4.76. The molecule has 0 aliphatic heterocycles. The Morgan fingerprint density at radius 1 is 1.16 bits per heavy atom. The van der Waals surface area contributed by atoms with Gasteiger partial charge in [-0.2, -0.15) is 0 Å². The summed E-state index contributed by atoms with van der Waals surface area (Å²) in [6.45, 7) is 2.51. The zero-order valence-electron chi connectivity index (χ0n) is 13.8. The molecule has 128 valence electrons. The average molecular weight is 401 g/mol. The quantitative estimate of drug-likeness (QED) is 0.662. The first-order valence-electron chi connectivity index (χ1n) is 7.96. The minimum atomic E-state index is -0.446. The molecule has 5 heteroatoms. The van der Waals surface area contributed by atoms with Gasteiger partial charge in [0.25, 0.3) is 5.91 Å². The van der Waals surface area contributed by atoms with Crippen LogP contribution in [0, 0.1) is 12.7 Å². The Bertz CT molecular complexity index is 933. The smallest absolute Gasteiger partial charge is 0.250 e. The number of halogens is 2. The number of carbonyl (C=O) groups is 1. The highest BCUT2D eigenvalue weighted by Crippen LogP contribution is 2.28. The molecule has 0 radical (unpaired) electrons. The lowest BCUT2D eigenvalue weighted by molar-refractivity contribution is 0.0999. The molecule has 1 aromatic heterocycles. The van der Waals surface area contributed by atoms with Crippen molar-refractivity contribution in [1.29, 1.82) is 0 Å². The van der Waals surface area contributed by atoms with Crippen molar-refractivity contribution in [3.05, 3.63) is 81.7 Å². The summed E-state index contributed by atoms with van der Waals surface area (Å²) in [5.41, 5.74) is 9.67. The topological polar surface area (TPSA) is 48.0 Å². The molecule has 0 atom stereocenters. The van der Waals surface area contributed by atoms with Gasteiger partial charge in [-0.05, 0) is 54.8 Å². The molecule has 3 aromatic rings. The third kappa shape index (κ3) is 3.82. The second-order valence-electron chi connectivity index (χ2n) is 5.93. The zero-order valence-corrected chi connectivity index (χ0v) is 15.4. The maximum absolute atomic E-state index is 13.4. The Morgan fingerprint density at radius 2 is 1.92 bits per heavy atom. The van der Waals surface area contributed by atoms with Crippen molar-refractivity contribution < 1.29 is 9.18 Å². The fourth-order valence-electron chi connectivity index (χ4n) is 3.00. The Balaban J connectivity index is 2.00. The first-order chi connectivity index (χ1) is 12.0. The van der Waals surface area contributed by atoms with Gasteiger partial charge in [0.1, 0.15) is 5.82 Å². The van der Waals surface area contributed by atoms with Crippen LogP contribution in [0.15, 0.2) is 59.1 Å². The van der Waals surface area contributed by atoms with Gasteiger partial charge >= 0.3 is 0 Å². The van der Waals surface area contributed by atoms with E-state index in [-0.39, 0.29) is 5.82 Å². The molecular formula is C20H18BrFN2O. The van der Waals surface area contributed by atoms with Crippen molar-refractivity contribution in [1.82, 2.24) is 4.57 Å². The van der Waals surface area contributed by atoms with E-state index >= 15 is 0 Å². The molecular weight excluding hydrogens is 383 g/mol. The number of carbonyl (C=O) groups excluding carboxylic acids is 1. The lowest BCUT2D eigenvalue weighted by atomic mass is 10.1. The molecule has 2 N–H and O–H groups in total. The number of primary amides is 1. The molecule has 2 aromatic carbocycles. The van der Waals surface area contributed by atoms with Crippen molar-refractivity contribution in [3.63, 3.8) is 0 Å². The summed E-state index contributed by atoms with van der Waals surface area (Å²) in [6, 6.07) is 16.3. The molecule has 0 saturated heterocycles. The summed E-state index contributed by atoms with van der Waals surface area (Å²) in [5.74, 6) is -0.690. The fraction of sp³-hybridized carbons (Fsp3) is 0.150. The summed E-state index contributed by atoms with van der Waals surface area (Å²) in [5, 5.41) is 0. The Morgan fingerprint density at radius 3 is 2.60 bits per heavy atom. The molecule has 0 bridgehead atoms. The second-order valence-corrected chi connectivity index (χ2v) is 6.85. The highest BCUT2D eigenvalue weighted by Gasteiger charge is 2.16. The molecule has 0 aliphatic rings. The van der Waals surface area contributed by atoms with Crippen molar-refractivity contribution in [2.24, 2.45) is 5.73 Å². The lowest BCUT2D eigenvalue weighted by Gasteiger charge is -2.12. The van der Waals surface area contributed by atoms with Crippen molar-refractivity contribution in [3.8, 4) is 11.3 Å². The average Bonchev–Trinajstić information content (AvgIpc) is 2.90. The molecule has 25 heavy (non-hydrogen) atoms. The monoisotopic (exact) mass is 400 g/mol. The number of amides is 1. The molecule has 3 rings (SSSR count). The molecule has 1 heterocycles. The van der Waals surface area contributed by atoms with Gasteiger partial charge in [0, 0.05) is 22.4 Å². The van der Waals surface area contributed by atoms with Gasteiger partial charge in [0.15, 0.2) is 0 Å². The zero-order chi connectivity index (χ0) is 18.0. The molecule has 1 amide bonds. The SMILES string of the molecule is Cc1c(C(N)=O)cc(-c2cccc(Br)c2)n1CCc1cccc(F)c1. The van der Waals surface area contributed by atoms with E-state index in [4.69, 9.17) is 5.73 Å². The number of rotatable bonds is 5. The molecule has 0 aliphatic carbocycles. The Hall–Kier alpha value is -2.40. The normalized spacial score (nSPS) is 10.8. The largest absolute Gasteiger partial charge is 0.366 e. The third-order valence-electron chi connectivity index (χ3n) is 4.27. The van der Waals surface area contributed by atoms with Gasteiger partial charge in [-0.15, -0.1) is 0 Å². The minimum absolute atomic E-state index is 0.244. The molecule has 3 nitrogen and oxygen atoms in total. The van der Waals surface area contributed by atoms with E-state index in [1.165, 1.54) is 12.1 Å². The van der Waals surface area contributed by atoms with Crippen molar-refractivity contribution in [2.75, 3.05) is 0 Å². The van der Waals surface area contributed by atoms with Gasteiger partial charge in [-0.3, -0.25) is 4.79 Å². The Labute approximate surface area is 154 Å². The number of nitrogens with two attached hydrogens (primary N) is 1. The maximum Gasteiger partial charge on any atom is 0.250 e. The number of hydrogen-bond donors (Lipinski definition) is 1. The van der Waals surface area contributed by atoms with Crippen LogP contribution in [-0.4, -0.2) is 10.5 Å². The number of aromatic nitrogens is 1. The van der Waals surface area contributed by atoms with E-state index < -0.39 is 5.91 Å². The van der Waals surface area contributed by atoms with Crippen molar-refractivity contribution >= 4 is 21.8 Å². The van der Waals surface area contributed by atoms with Crippen LogP contribution in [0.1, 0.15) is 21.6 Å². The summed E-state index contributed by atoms with van der Waals surface area (Å²) < 4.78 is 16.4. The van der Waals surface area contributed by atoms with Crippen LogP contribution >= 0.6 is 15.9 Å². The highest BCUT2D eigenvalue weighted by molar-refractivity contribution is 9.10. The van der Waals surface area contributed by atoms with Gasteiger partial charge in [0.05, 0.1) is 5.56 Å². The molecule has 0 saturated carbocycles. The van der Waals surface area contributed by atoms with Gasteiger partial charge < -0.3 is 10.3 Å². The van der Waals surface area contributed by atoms with E-state index in [9.17, 15) is 9.18 Å². The van der Waals surface area contributed by atoms with Crippen LogP contribution in [0.4, 0.5) is 4.39 Å². The van der Waals surface area contributed by atoms with E-state index in [2.05, 4.69) is 20.5 Å². The van der Waals surface area contributed by atoms with E-state index in [1.807, 2.05) is 43.3 Å². The molecule has 0 fully saturated rings. The van der Waals surface area contributed by atoms with Crippen molar-refractivity contribution in [2.45, 2.75) is 19.9 Å². The van der Waals surface area contributed by atoms with E-state index in [0.29, 0.717) is 18.5 Å². The van der Waals surface area contributed by atoms with Crippen LogP contribution in [0.3, 0.4) is 0 Å². The predicted molar refractivity (Wildman–Crippen MR) is 101 cm³/mol. The predicted octanol–water partition coefficient (Wildman–Crippen LogP) is 4.71. The van der Waals surface area contributed by atoms with Gasteiger partial charge in [-0.25, -0.2) is 4.39 Å². The van der Waals surface area contributed by atoms with Crippen LogP contribution in [-0.2, 0) is 13.0 Å². The Kier molecular flexibility index (Phi) is 5.04. The summed E-state index contributed by atoms with van der Waals surface area (Å²) in [4.78, 5) is 11.8. The minimum Gasteiger partial charge on any atom is -0.366 e. The summed E-state index contributed by atoms with van der Waals surface area (Å²) in [7, 11) is 0. The summed E-state index contributed by atoms with van der Waals surface area (Å²) >= 11 is 3.48. The number of hydrogen-bond acceptors (Lipinski definition) is 1. The van der Waals surface area contributed by atoms with E-state index in [1.54, 1.807) is 6.07 Å².